The monoisotopic (exact) mass is 2140 g/mol. The molecule has 12 heterocycles. The Morgan fingerprint density at radius 2 is 0.773 bits per heavy atom. The second-order valence-electron chi connectivity index (χ2n) is 34.0. The molecule has 0 aliphatic carbocycles. The molecule has 0 atom stereocenters. The van der Waals surface area contributed by atoms with Crippen LogP contribution in [-0.4, -0.2) is 209 Å². The van der Waals surface area contributed by atoms with Gasteiger partial charge < -0.3 is 93.0 Å². The molecule has 4 aliphatic heterocycles. The van der Waals surface area contributed by atoms with E-state index in [1.807, 2.05) is 174 Å². The fraction of sp³-hybridized carbons (Fsp3) is 0.409. The number of nitrogens with two attached hydrogens (primary N) is 2. The van der Waals surface area contributed by atoms with Gasteiger partial charge in [-0.3, -0.25) is 0 Å². The first-order chi connectivity index (χ1) is 60.8. The number of likely N-dealkylation sites (tertiary alicyclic amines) is 4. The van der Waals surface area contributed by atoms with Gasteiger partial charge in [0.05, 0.1) is 27.6 Å². The molecule has 4 saturated heterocycles. The Morgan fingerprint density at radius 3 is 1.16 bits per heavy atom. The SMILES string of the molecule is CC(C)(C)OC(=O)N1CCC(O)CC1.CC(C)(C)OC(=O)N1CCC(n2cc(-c3ccc(Oc4ccccc4)cc3)c3c(N)ncnc32)CC1.CC(C)(C)OC(=O)N1CCC(n2cc(I)c3c(Cl)ncnc32)CC1.CC(C)(C)OC(=O)N1CCC(n2cc(I)c3c(N)ncnc32)CC1.Clc1ncnc2[nH]cc(I)c12.O[B]Oc1ccc(Oc2ccccc2)cc1.[B]=NS. The number of aliphatic hydroxyl groups is 1. The molecular weight excluding hydrogens is 2040 g/mol. The van der Waals surface area contributed by atoms with Crippen LogP contribution in [0.2, 0.25) is 10.3 Å². The summed E-state index contributed by atoms with van der Waals surface area (Å²) in [4.78, 5) is 92.0. The molecule has 7 N–H and O–H groups in total. The Labute approximate surface area is 802 Å². The minimum atomic E-state index is -0.504. The molecule has 4 fully saturated rings. The number of piperidine rings is 4. The van der Waals surface area contributed by atoms with Crippen LogP contribution in [0.5, 0.6) is 28.7 Å². The fourth-order valence-electron chi connectivity index (χ4n) is 14.1. The summed E-state index contributed by atoms with van der Waals surface area (Å²) in [5, 5.41) is 22.2. The van der Waals surface area contributed by atoms with E-state index in [1.165, 1.54) is 25.3 Å². The molecule has 0 saturated carbocycles. The summed E-state index contributed by atoms with van der Waals surface area (Å²) in [6, 6.07) is 34.9. The number of hydrogen-bond donors (Lipinski definition) is 6. The molecule has 128 heavy (non-hydrogen) atoms. The number of rotatable bonds is 10. The van der Waals surface area contributed by atoms with E-state index in [4.69, 9.17) is 72.8 Å². The van der Waals surface area contributed by atoms with E-state index in [2.05, 4.69) is 170 Å². The Balaban J connectivity index is 0.000000165. The summed E-state index contributed by atoms with van der Waals surface area (Å²) >= 11 is 21.9. The van der Waals surface area contributed by atoms with Gasteiger partial charge in [-0.1, -0.05) is 71.7 Å². The van der Waals surface area contributed by atoms with Crippen LogP contribution in [0, 0.1) is 10.7 Å². The van der Waals surface area contributed by atoms with E-state index in [1.54, 1.807) is 43.9 Å². The molecule has 0 unspecified atom stereocenters. The molecule has 4 aromatic carbocycles. The van der Waals surface area contributed by atoms with Crippen LogP contribution >= 0.6 is 104 Å². The van der Waals surface area contributed by atoms with Crippen LogP contribution in [0.3, 0.4) is 0 Å². The van der Waals surface area contributed by atoms with Gasteiger partial charge in [0.2, 0.25) is 0 Å². The van der Waals surface area contributed by atoms with Crippen LogP contribution in [0.15, 0.2) is 164 Å². The maximum absolute atomic E-state index is 12.5. The van der Waals surface area contributed by atoms with Crippen molar-refractivity contribution >= 4 is 199 Å². The number of halogens is 5. The van der Waals surface area contributed by atoms with Crippen molar-refractivity contribution in [3.05, 3.63) is 180 Å². The van der Waals surface area contributed by atoms with Crippen molar-refractivity contribution in [3.63, 3.8) is 0 Å². The molecule has 4 aliphatic rings. The van der Waals surface area contributed by atoms with Crippen molar-refractivity contribution in [2.24, 2.45) is 4.30 Å². The molecule has 4 amide bonds. The second-order valence-corrected chi connectivity index (χ2v) is 38.4. The quantitative estimate of drug-likeness (QED) is 0.0243. The molecule has 40 heteroatoms. The number of para-hydroxylation sites is 2. The van der Waals surface area contributed by atoms with Crippen LogP contribution in [-0.2, 0) is 18.9 Å². The number of amides is 4. The van der Waals surface area contributed by atoms with Gasteiger partial charge >= 0.3 is 56.8 Å². The molecule has 8 aromatic heterocycles. The number of nitrogens with zero attached hydrogens (tertiary/aromatic N) is 16. The average molecular weight is 2140 g/mol. The predicted molar refractivity (Wildman–Crippen MR) is 525 cm³/mol. The summed E-state index contributed by atoms with van der Waals surface area (Å²) in [5.74, 6) is 4.56. The normalized spacial score (nSPS) is 14.7. The van der Waals surface area contributed by atoms with E-state index < -0.39 is 22.4 Å². The molecule has 12 aromatic rings. The number of aromatic nitrogens is 12. The van der Waals surface area contributed by atoms with Gasteiger partial charge in [0.25, 0.3) is 0 Å². The van der Waals surface area contributed by atoms with E-state index in [0.29, 0.717) is 113 Å². The van der Waals surface area contributed by atoms with Gasteiger partial charge in [-0.05, 0) is 268 Å². The van der Waals surface area contributed by atoms with Crippen LogP contribution < -0.4 is 25.6 Å². The fourth-order valence-corrected chi connectivity index (χ4v) is 17.1. The third-order valence-corrected chi connectivity index (χ3v) is 23.0. The van der Waals surface area contributed by atoms with Crippen molar-refractivity contribution in [2.45, 2.75) is 181 Å². The first-order valence-electron chi connectivity index (χ1n) is 41.4. The standard InChI is InChI=1S/C28H31N5O3.C16H20ClIN4O2.C16H22IN5O2.C12H10BO3.C10H19NO3.C6H3ClIN3.BHNS/c1-28(2,3)36-27(34)32-15-13-20(14-16-32)33-17-23(24-25(29)30-18-31-26(24)33)19-9-11-22(12-10-19)35-21-7-5-4-6-8-21;1-16(2,3)24-15(23)21-6-4-10(5-7-21)22-8-11(18)12-13(17)19-9-20-14(12)22;1-16(2,3)24-15(23)21-6-4-10(5-7-21)22-8-11(17)12-13(18)19-9-20-14(12)22;14-13-16-12-8-6-11(7-9-12)15-10-4-2-1-3-5-10;1-10(2,3)14-9(13)11-6-4-8(12)5-7-11;7-5-4-3(8)1-9-6(4)11-2-10-5;1-2-3/h4-12,17-18,20H,13-16H2,1-3H3,(H2,29,30,31);8-10H,4-7H2,1-3H3;8-10H,4-7H2,1-3H3,(H2,18,19,20);1-9,14H;8,12H,4-7H2,1-3H3;1-2H,(H,9,10,11);3H. The van der Waals surface area contributed by atoms with Crippen molar-refractivity contribution < 1.29 is 62.4 Å². The Kier molecular flexibility index (Phi) is 36.4. The third kappa shape index (κ3) is 29.2. The van der Waals surface area contributed by atoms with Crippen molar-refractivity contribution in [3.8, 4) is 39.9 Å². The first kappa shape index (κ1) is 101. The number of aliphatic hydroxyl groups excluding tert-OH is 1. The number of nitrogen functional groups attached to an aromatic ring is 2. The van der Waals surface area contributed by atoms with Gasteiger partial charge in [0.15, 0.2) is 0 Å². The van der Waals surface area contributed by atoms with E-state index in [9.17, 15) is 24.3 Å². The number of carbonyl (C=O) groups excluding carboxylic acids is 4. The molecule has 16 rings (SSSR count). The number of anilines is 2. The van der Waals surface area contributed by atoms with Crippen molar-refractivity contribution in [1.82, 2.24) is 78.2 Å². The van der Waals surface area contributed by atoms with Gasteiger partial charge in [0.1, 0.15) is 121 Å². The number of fused-ring (bicyclic) bond motifs is 4. The predicted octanol–water partition coefficient (Wildman–Crippen LogP) is 19.7. The van der Waals surface area contributed by atoms with Crippen LogP contribution in [0.1, 0.15) is 153 Å². The number of aromatic amines is 1. The summed E-state index contributed by atoms with van der Waals surface area (Å²) in [5.41, 5.74) is 15.7. The molecule has 678 valence electrons. The zero-order valence-corrected chi connectivity index (χ0v) is 82.2. The molecule has 2 radical (unpaired) electrons. The number of carbonyl (C=O) groups is 4. The molecular formula is C88H106B2Cl2I3N19O13S. The number of nitrogens with one attached hydrogen (secondary N) is 1. The summed E-state index contributed by atoms with van der Waals surface area (Å²) in [6.07, 6.45) is 19.1. The average Bonchev–Trinajstić information content (AvgIpc) is 1.64. The van der Waals surface area contributed by atoms with Gasteiger partial charge in [-0.2, -0.15) is 0 Å². The second kappa shape index (κ2) is 46.3. The topological polar surface area (TPSA) is 384 Å². The summed E-state index contributed by atoms with van der Waals surface area (Å²) < 4.78 is 50.3. The Hall–Kier alpha value is -9.59. The number of thiol groups is 1. The third-order valence-electron chi connectivity index (χ3n) is 19.9. The van der Waals surface area contributed by atoms with Gasteiger partial charge in [-0.15, -0.1) is 0 Å². The number of H-pyrrole nitrogens is 1. The zero-order chi connectivity index (χ0) is 92.8. The summed E-state index contributed by atoms with van der Waals surface area (Å²) in [6.45, 7) is 27.7. The minimum absolute atomic E-state index is 0.190. The van der Waals surface area contributed by atoms with E-state index >= 15 is 0 Å². The maximum atomic E-state index is 12.5. The zero-order valence-electron chi connectivity index (χ0n) is 73.3. The number of benzene rings is 4. The first-order valence-corrected chi connectivity index (χ1v) is 45.8. The van der Waals surface area contributed by atoms with Gasteiger partial charge in [-0.25, -0.2) is 59.0 Å². The Bertz CT molecular complexity index is 5530. The van der Waals surface area contributed by atoms with Crippen LogP contribution in [0.4, 0.5) is 30.8 Å². The van der Waals surface area contributed by atoms with E-state index in [-0.39, 0.29) is 36.5 Å². The molecule has 0 spiro atoms. The number of ether oxygens (including phenoxy) is 6. The number of hydrogen-bond acceptors (Lipinski definition) is 25. The molecule has 32 nitrogen and oxygen atoms in total. The summed E-state index contributed by atoms with van der Waals surface area (Å²) in [7, 11) is 4.98. The van der Waals surface area contributed by atoms with Crippen molar-refractivity contribution in [1.29, 1.82) is 0 Å². The molecule has 0 bridgehead atoms. The van der Waals surface area contributed by atoms with E-state index in [0.717, 1.165) is 127 Å². The van der Waals surface area contributed by atoms with Gasteiger partial charge in [0, 0.05) is 112 Å². The van der Waals surface area contributed by atoms with Crippen molar-refractivity contribution in [2.75, 3.05) is 63.8 Å². The van der Waals surface area contributed by atoms with Crippen LogP contribution in [0.25, 0.3) is 55.3 Å². The Morgan fingerprint density at radius 1 is 0.453 bits per heavy atom.